The molecule has 100 valence electrons. The fourth-order valence-corrected chi connectivity index (χ4v) is 2.53. The van der Waals surface area contributed by atoms with Crippen LogP contribution in [0, 0.1) is 6.92 Å². The summed E-state index contributed by atoms with van der Waals surface area (Å²) in [5.74, 6) is 0. The number of halogens is 1. The van der Waals surface area contributed by atoms with Crippen molar-refractivity contribution in [3.8, 4) is 0 Å². The van der Waals surface area contributed by atoms with Gasteiger partial charge in [0.25, 0.3) is 0 Å². The van der Waals surface area contributed by atoms with E-state index in [1.165, 1.54) is 5.56 Å². The molecule has 3 N–H and O–H groups in total. The summed E-state index contributed by atoms with van der Waals surface area (Å²) in [5, 5.41) is 4.46. The van der Waals surface area contributed by atoms with Gasteiger partial charge in [-0.15, -0.1) is 0 Å². The lowest BCUT2D eigenvalue weighted by Gasteiger charge is -2.12. The summed E-state index contributed by atoms with van der Waals surface area (Å²) in [5.41, 5.74) is 10.7. The molecule has 4 heteroatoms. The van der Waals surface area contributed by atoms with Gasteiger partial charge < -0.3 is 11.1 Å². The molecule has 3 nitrogen and oxygen atoms in total. The van der Waals surface area contributed by atoms with Gasteiger partial charge >= 0.3 is 0 Å². The Morgan fingerprint density at radius 2 is 1.95 bits per heavy atom. The van der Waals surface area contributed by atoms with Crippen molar-refractivity contribution in [2.75, 3.05) is 11.1 Å². The van der Waals surface area contributed by atoms with Crippen molar-refractivity contribution in [2.24, 2.45) is 0 Å². The van der Waals surface area contributed by atoms with E-state index >= 15 is 0 Å². The van der Waals surface area contributed by atoms with E-state index in [4.69, 9.17) is 5.73 Å². The number of aromatic nitrogens is 1. The fraction of sp³-hybridized carbons (Fsp3) is 0.0625. The van der Waals surface area contributed by atoms with Crippen molar-refractivity contribution in [1.82, 2.24) is 4.98 Å². The number of nitrogen functional groups attached to an aromatic ring is 1. The highest BCUT2D eigenvalue weighted by atomic mass is 79.9. The monoisotopic (exact) mass is 327 g/mol. The predicted molar refractivity (Wildman–Crippen MR) is 88.3 cm³/mol. The molecular formula is C16H14BrN3. The number of para-hydroxylation sites is 1. The van der Waals surface area contributed by atoms with Gasteiger partial charge in [0.15, 0.2) is 0 Å². The Kier molecular flexibility index (Phi) is 3.32. The molecule has 0 unspecified atom stereocenters. The summed E-state index contributed by atoms with van der Waals surface area (Å²) < 4.78 is 1.02. The van der Waals surface area contributed by atoms with Gasteiger partial charge in [0.2, 0.25) is 0 Å². The molecular weight excluding hydrogens is 314 g/mol. The maximum absolute atomic E-state index is 5.97. The van der Waals surface area contributed by atoms with Crippen LogP contribution in [0.15, 0.2) is 53.1 Å². The maximum Gasteiger partial charge on any atom is 0.0951 e. The molecule has 0 aliphatic rings. The van der Waals surface area contributed by atoms with E-state index in [0.717, 1.165) is 26.8 Å². The third-order valence-corrected chi connectivity index (χ3v) is 3.88. The highest BCUT2D eigenvalue weighted by molar-refractivity contribution is 9.10. The molecule has 1 aromatic heterocycles. The van der Waals surface area contributed by atoms with Crippen molar-refractivity contribution in [2.45, 2.75) is 6.92 Å². The minimum absolute atomic E-state index is 0.689. The number of benzene rings is 2. The van der Waals surface area contributed by atoms with Gasteiger partial charge in [-0.1, -0.05) is 18.2 Å². The standard InChI is InChI=1S/C16H14BrN3/c1-10-5-6-12(17)15(9-10)20-14-7-8-19-16-11(14)3-2-4-13(16)18/h2-9H,18H2,1H3,(H,19,20). The molecule has 0 aliphatic carbocycles. The molecule has 0 saturated heterocycles. The smallest absolute Gasteiger partial charge is 0.0951 e. The average Bonchev–Trinajstić information content (AvgIpc) is 2.44. The Bertz CT molecular complexity index is 784. The average molecular weight is 328 g/mol. The van der Waals surface area contributed by atoms with E-state index in [1.807, 2.05) is 30.3 Å². The number of hydrogen-bond acceptors (Lipinski definition) is 3. The molecule has 3 rings (SSSR count). The molecule has 0 saturated carbocycles. The third-order valence-electron chi connectivity index (χ3n) is 3.19. The second kappa shape index (κ2) is 5.13. The van der Waals surface area contributed by atoms with Gasteiger partial charge in [-0.05, 0) is 52.7 Å². The summed E-state index contributed by atoms with van der Waals surface area (Å²) in [6.07, 6.45) is 1.77. The van der Waals surface area contributed by atoms with Gasteiger partial charge in [0.1, 0.15) is 0 Å². The second-order valence-electron chi connectivity index (χ2n) is 4.71. The van der Waals surface area contributed by atoms with Crippen LogP contribution in [0.2, 0.25) is 0 Å². The SMILES string of the molecule is Cc1ccc(Br)c(Nc2ccnc3c(N)cccc23)c1. The Morgan fingerprint density at radius 1 is 1.10 bits per heavy atom. The van der Waals surface area contributed by atoms with Crippen LogP contribution < -0.4 is 11.1 Å². The topological polar surface area (TPSA) is 50.9 Å². The van der Waals surface area contributed by atoms with Crippen LogP contribution in [0.1, 0.15) is 5.56 Å². The minimum Gasteiger partial charge on any atom is -0.397 e. The van der Waals surface area contributed by atoms with Crippen molar-refractivity contribution in [3.05, 3.63) is 58.7 Å². The van der Waals surface area contributed by atoms with Crippen molar-refractivity contribution >= 4 is 43.9 Å². The van der Waals surface area contributed by atoms with Crippen LogP contribution >= 0.6 is 15.9 Å². The normalized spacial score (nSPS) is 10.7. The van der Waals surface area contributed by atoms with Crippen molar-refractivity contribution < 1.29 is 0 Å². The number of rotatable bonds is 2. The molecule has 0 bridgehead atoms. The zero-order chi connectivity index (χ0) is 14.1. The third kappa shape index (κ3) is 2.34. The lowest BCUT2D eigenvalue weighted by molar-refractivity contribution is 1.39. The van der Waals surface area contributed by atoms with E-state index in [9.17, 15) is 0 Å². The predicted octanol–water partition coefficient (Wildman–Crippen LogP) is 4.63. The minimum atomic E-state index is 0.689. The van der Waals surface area contributed by atoms with Crippen molar-refractivity contribution in [3.63, 3.8) is 0 Å². The molecule has 0 spiro atoms. The first-order valence-corrected chi connectivity index (χ1v) is 7.11. The van der Waals surface area contributed by atoms with Gasteiger partial charge in [-0.3, -0.25) is 4.98 Å². The lowest BCUT2D eigenvalue weighted by atomic mass is 10.1. The molecule has 0 amide bonds. The summed E-state index contributed by atoms with van der Waals surface area (Å²) in [4.78, 5) is 4.35. The van der Waals surface area contributed by atoms with E-state index < -0.39 is 0 Å². The summed E-state index contributed by atoms with van der Waals surface area (Å²) in [6.45, 7) is 2.07. The Balaban J connectivity index is 2.11. The van der Waals surface area contributed by atoms with E-state index in [-0.39, 0.29) is 0 Å². The van der Waals surface area contributed by atoms with E-state index in [2.05, 4.69) is 45.3 Å². The Labute approximate surface area is 126 Å². The van der Waals surface area contributed by atoms with Crippen LogP contribution in [0.25, 0.3) is 10.9 Å². The van der Waals surface area contributed by atoms with Gasteiger partial charge in [-0.25, -0.2) is 0 Å². The Morgan fingerprint density at radius 3 is 2.80 bits per heavy atom. The first kappa shape index (κ1) is 12.9. The zero-order valence-corrected chi connectivity index (χ0v) is 12.6. The van der Waals surface area contributed by atoms with Gasteiger partial charge in [0.05, 0.1) is 16.9 Å². The summed E-state index contributed by atoms with van der Waals surface area (Å²) in [7, 11) is 0. The second-order valence-corrected chi connectivity index (χ2v) is 5.56. The van der Waals surface area contributed by atoms with Crippen molar-refractivity contribution in [1.29, 1.82) is 0 Å². The first-order chi connectivity index (χ1) is 9.65. The molecule has 20 heavy (non-hydrogen) atoms. The lowest BCUT2D eigenvalue weighted by Crippen LogP contribution is -1.96. The zero-order valence-electron chi connectivity index (χ0n) is 11.0. The van der Waals surface area contributed by atoms with Crippen LogP contribution in [0.3, 0.4) is 0 Å². The van der Waals surface area contributed by atoms with E-state index in [1.54, 1.807) is 6.20 Å². The molecule has 0 atom stereocenters. The number of nitrogens with two attached hydrogens (primary N) is 1. The molecule has 0 fully saturated rings. The molecule has 0 radical (unpaired) electrons. The quantitative estimate of drug-likeness (QED) is 0.674. The van der Waals surface area contributed by atoms with Crippen LogP contribution in [-0.2, 0) is 0 Å². The maximum atomic E-state index is 5.97. The number of nitrogens with zero attached hydrogens (tertiary/aromatic N) is 1. The van der Waals surface area contributed by atoms with Gasteiger partial charge in [-0.2, -0.15) is 0 Å². The van der Waals surface area contributed by atoms with Gasteiger partial charge in [0, 0.05) is 21.7 Å². The van der Waals surface area contributed by atoms with Crippen LogP contribution in [0.4, 0.5) is 17.1 Å². The highest BCUT2D eigenvalue weighted by Gasteiger charge is 2.06. The number of anilines is 3. The first-order valence-electron chi connectivity index (χ1n) is 6.31. The number of nitrogens with one attached hydrogen (secondary N) is 1. The summed E-state index contributed by atoms with van der Waals surface area (Å²) in [6, 6.07) is 14.0. The molecule has 1 heterocycles. The Hall–Kier alpha value is -2.07. The fourth-order valence-electron chi connectivity index (χ4n) is 2.19. The highest BCUT2D eigenvalue weighted by Crippen LogP contribution is 2.31. The summed E-state index contributed by atoms with van der Waals surface area (Å²) >= 11 is 3.56. The van der Waals surface area contributed by atoms with Crippen LogP contribution in [-0.4, -0.2) is 4.98 Å². The number of aryl methyl sites for hydroxylation is 1. The number of pyridine rings is 1. The number of fused-ring (bicyclic) bond motifs is 1. The number of hydrogen-bond donors (Lipinski definition) is 2. The molecule has 2 aromatic carbocycles. The largest absolute Gasteiger partial charge is 0.397 e. The van der Waals surface area contributed by atoms with Crippen LogP contribution in [0.5, 0.6) is 0 Å². The molecule has 0 aliphatic heterocycles. The molecule has 3 aromatic rings. The van der Waals surface area contributed by atoms with E-state index in [0.29, 0.717) is 5.69 Å².